The molecule has 0 aliphatic carbocycles. The molecule has 9 heteroatoms. The largest absolute Gasteiger partial charge is 0.379 e. The molecule has 0 unspecified atom stereocenters. The third-order valence-corrected chi connectivity index (χ3v) is 7.55. The van der Waals surface area contributed by atoms with E-state index in [0.29, 0.717) is 16.3 Å². The molecule has 2 aromatic carbocycles. The fourth-order valence-corrected chi connectivity index (χ4v) is 5.11. The van der Waals surface area contributed by atoms with Gasteiger partial charge in [0.15, 0.2) is 5.16 Å². The summed E-state index contributed by atoms with van der Waals surface area (Å²) >= 11 is 8.09. The number of hydrogen-bond acceptors (Lipinski definition) is 7. The van der Waals surface area contributed by atoms with E-state index in [9.17, 15) is 5.26 Å². The highest BCUT2D eigenvalue weighted by Crippen LogP contribution is 2.36. The number of nitriles is 1. The Bertz CT molecular complexity index is 1450. The predicted octanol–water partition coefficient (Wildman–Crippen LogP) is 5.73. The maximum Gasteiger partial charge on any atom is 0.172 e. The molecule has 1 N–H and O–H groups in total. The zero-order valence-corrected chi connectivity index (χ0v) is 21.4. The van der Waals surface area contributed by atoms with Crippen LogP contribution >= 0.6 is 23.4 Å². The van der Waals surface area contributed by atoms with Gasteiger partial charge in [-0.1, -0.05) is 47.6 Å². The Hall–Kier alpha value is -3.35. The third kappa shape index (κ3) is 5.55. The second-order valence-corrected chi connectivity index (χ2v) is 9.86. The van der Waals surface area contributed by atoms with Gasteiger partial charge < -0.3 is 14.6 Å². The van der Waals surface area contributed by atoms with E-state index in [1.165, 1.54) is 11.8 Å². The molecular weight excluding hydrogens is 492 g/mol. The minimum atomic E-state index is 0.473. The molecule has 0 spiro atoms. The monoisotopic (exact) mass is 516 g/mol. The van der Waals surface area contributed by atoms with E-state index < -0.39 is 0 Å². The number of rotatable bonds is 7. The number of aromatic nitrogens is 3. The first-order valence-corrected chi connectivity index (χ1v) is 12.8. The lowest BCUT2D eigenvalue weighted by Crippen LogP contribution is -2.36. The average Bonchev–Trinajstić information content (AvgIpc) is 3.30. The van der Waals surface area contributed by atoms with Gasteiger partial charge in [0.25, 0.3) is 0 Å². The third-order valence-electron chi connectivity index (χ3n) is 5.97. The van der Waals surface area contributed by atoms with Crippen LogP contribution in [-0.2, 0) is 11.8 Å². The van der Waals surface area contributed by atoms with Crippen LogP contribution in [-0.4, -0.2) is 52.3 Å². The topological polar surface area (TPSA) is 79.0 Å². The number of benzene rings is 2. The van der Waals surface area contributed by atoms with Crippen molar-refractivity contribution in [3.63, 3.8) is 0 Å². The van der Waals surface area contributed by atoms with Crippen molar-refractivity contribution in [1.82, 2.24) is 19.4 Å². The molecule has 36 heavy (non-hydrogen) atoms. The molecule has 1 saturated heterocycles. The number of pyridine rings is 1. The zero-order valence-electron chi connectivity index (χ0n) is 19.8. The summed E-state index contributed by atoms with van der Waals surface area (Å²) in [4.78, 5) is 12.2. The van der Waals surface area contributed by atoms with Crippen LogP contribution in [0.3, 0.4) is 0 Å². The molecule has 5 rings (SSSR count). The van der Waals surface area contributed by atoms with E-state index in [2.05, 4.69) is 38.4 Å². The lowest BCUT2D eigenvalue weighted by atomic mass is 10.1. The van der Waals surface area contributed by atoms with Gasteiger partial charge in [-0.05, 0) is 29.8 Å². The van der Waals surface area contributed by atoms with Crippen LogP contribution in [0.25, 0.3) is 17.0 Å². The van der Waals surface area contributed by atoms with Gasteiger partial charge in [0.1, 0.15) is 6.07 Å². The molecule has 3 heterocycles. The Morgan fingerprint density at radius 3 is 2.81 bits per heavy atom. The molecule has 1 aliphatic rings. The fourth-order valence-electron chi connectivity index (χ4n) is 4.01. The van der Waals surface area contributed by atoms with Crippen molar-refractivity contribution in [3.8, 4) is 6.07 Å². The van der Waals surface area contributed by atoms with Gasteiger partial charge in [0, 0.05) is 61.2 Å². The number of anilines is 2. The summed E-state index contributed by atoms with van der Waals surface area (Å²) in [6, 6.07) is 14.1. The normalized spacial score (nSPS) is 14.4. The van der Waals surface area contributed by atoms with E-state index in [1.807, 2.05) is 54.2 Å². The summed E-state index contributed by atoms with van der Waals surface area (Å²) < 4.78 is 7.35. The highest BCUT2D eigenvalue weighted by atomic mass is 35.5. The van der Waals surface area contributed by atoms with E-state index >= 15 is 0 Å². The Labute approximate surface area is 219 Å². The number of ether oxygens (including phenoxy) is 1. The number of imidazole rings is 1. The number of morpholine rings is 1. The van der Waals surface area contributed by atoms with E-state index in [1.54, 1.807) is 12.4 Å². The molecule has 1 fully saturated rings. The van der Waals surface area contributed by atoms with Crippen molar-refractivity contribution in [1.29, 1.82) is 5.26 Å². The minimum Gasteiger partial charge on any atom is -0.379 e. The van der Waals surface area contributed by atoms with Gasteiger partial charge in [-0.25, -0.2) is 4.98 Å². The molecule has 0 bridgehead atoms. The fraction of sp³-hybridized carbons (Fsp3) is 0.222. The van der Waals surface area contributed by atoms with Gasteiger partial charge in [-0.2, -0.15) is 5.26 Å². The van der Waals surface area contributed by atoms with Crippen molar-refractivity contribution in [2.24, 2.45) is 7.05 Å². The van der Waals surface area contributed by atoms with E-state index in [-0.39, 0.29) is 0 Å². The molecule has 0 atom stereocenters. The Balaban J connectivity index is 1.37. The van der Waals surface area contributed by atoms with Crippen LogP contribution in [0.1, 0.15) is 11.1 Å². The van der Waals surface area contributed by atoms with Crippen LogP contribution in [0.5, 0.6) is 0 Å². The molecule has 7 nitrogen and oxygen atoms in total. The molecule has 1 aliphatic heterocycles. The standard InChI is InChI=1S/C27H25ClN6OS/c1-33-10-8-30-27(33)36-25-7-5-21(16-23(25)28)32-26-20(17-29)18-31-24-15-19(4-6-22(24)26)3-2-9-34-11-13-35-14-12-34/h2-8,10,15-16,18H,9,11-14H2,1H3,(H,31,32)/b3-2+. The maximum atomic E-state index is 9.73. The first-order chi connectivity index (χ1) is 17.6. The lowest BCUT2D eigenvalue weighted by molar-refractivity contribution is 0.0435. The van der Waals surface area contributed by atoms with Crippen LogP contribution < -0.4 is 5.32 Å². The van der Waals surface area contributed by atoms with Crippen molar-refractivity contribution in [3.05, 3.63) is 77.2 Å². The van der Waals surface area contributed by atoms with Crippen LogP contribution in [0, 0.1) is 11.3 Å². The van der Waals surface area contributed by atoms with Gasteiger partial charge in [-0.3, -0.25) is 9.88 Å². The van der Waals surface area contributed by atoms with Gasteiger partial charge in [0.2, 0.25) is 0 Å². The Morgan fingerprint density at radius 2 is 2.06 bits per heavy atom. The summed E-state index contributed by atoms with van der Waals surface area (Å²) in [5.74, 6) is 0. The zero-order chi connectivity index (χ0) is 24.9. The van der Waals surface area contributed by atoms with E-state index in [0.717, 1.165) is 65.1 Å². The summed E-state index contributed by atoms with van der Waals surface area (Å²) in [5.41, 5.74) is 3.87. The Morgan fingerprint density at radius 1 is 1.19 bits per heavy atom. The molecule has 4 aromatic rings. The van der Waals surface area contributed by atoms with Crippen molar-refractivity contribution in [2.75, 3.05) is 38.2 Å². The number of nitrogens with zero attached hydrogens (tertiary/aromatic N) is 5. The molecule has 182 valence electrons. The number of fused-ring (bicyclic) bond motifs is 1. The quantitative estimate of drug-likeness (QED) is 0.336. The molecule has 0 radical (unpaired) electrons. The minimum absolute atomic E-state index is 0.473. The number of hydrogen-bond donors (Lipinski definition) is 1. The second kappa shape index (κ2) is 11.1. The summed E-state index contributed by atoms with van der Waals surface area (Å²) in [6.45, 7) is 4.40. The van der Waals surface area contributed by atoms with Gasteiger partial charge >= 0.3 is 0 Å². The number of aryl methyl sites for hydroxylation is 1. The second-order valence-electron chi connectivity index (χ2n) is 8.44. The molecular formula is C27H25ClN6OS. The predicted molar refractivity (Wildman–Crippen MR) is 145 cm³/mol. The number of halogens is 1. The summed E-state index contributed by atoms with van der Waals surface area (Å²) in [5, 5.41) is 15.5. The van der Waals surface area contributed by atoms with Crippen LogP contribution in [0.4, 0.5) is 11.4 Å². The van der Waals surface area contributed by atoms with Gasteiger partial charge in [-0.15, -0.1) is 0 Å². The molecule has 0 amide bonds. The Kier molecular flexibility index (Phi) is 7.54. The van der Waals surface area contributed by atoms with Crippen molar-refractivity contribution in [2.45, 2.75) is 10.1 Å². The molecule has 0 saturated carbocycles. The van der Waals surface area contributed by atoms with Crippen molar-refractivity contribution < 1.29 is 4.74 Å². The number of nitrogens with one attached hydrogen (secondary N) is 1. The van der Waals surface area contributed by atoms with Gasteiger partial charge in [0.05, 0.1) is 35.0 Å². The summed E-state index contributed by atoms with van der Waals surface area (Å²) in [7, 11) is 1.95. The van der Waals surface area contributed by atoms with Crippen LogP contribution in [0.2, 0.25) is 5.02 Å². The SMILES string of the molecule is Cn1ccnc1Sc1ccc(Nc2c(C#N)cnc3cc(/C=C/CN4CCOCC4)ccc23)cc1Cl. The highest BCUT2D eigenvalue weighted by Gasteiger charge is 2.13. The maximum absolute atomic E-state index is 9.73. The summed E-state index contributed by atoms with van der Waals surface area (Å²) in [6.07, 6.45) is 9.55. The first-order valence-electron chi connectivity index (χ1n) is 11.6. The first kappa shape index (κ1) is 24.3. The highest BCUT2D eigenvalue weighted by molar-refractivity contribution is 7.99. The smallest absolute Gasteiger partial charge is 0.172 e. The van der Waals surface area contributed by atoms with E-state index in [4.69, 9.17) is 16.3 Å². The van der Waals surface area contributed by atoms with Crippen LogP contribution in [0.15, 0.2) is 71.1 Å². The van der Waals surface area contributed by atoms with Crippen molar-refractivity contribution >= 4 is 51.7 Å². The molecule has 2 aromatic heterocycles. The average molecular weight is 517 g/mol. The lowest BCUT2D eigenvalue weighted by Gasteiger charge is -2.25.